The molecule has 1 amide bonds. The van der Waals surface area contributed by atoms with Crippen molar-refractivity contribution in [2.45, 2.75) is 38.1 Å². The Labute approximate surface area is 131 Å². The summed E-state index contributed by atoms with van der Waals surface area (Å²) in [7, 11) is -2.96. The third-order valence-corrected chi connectivity index (χ3v) is 6.20. The van der Waals surface area contributed by atoms with Gasteiger partial charge in [0.1, 0.15) is 0 Å². The number of benzene rings is 1. The molecule has 6 heteroatoms. The van der Waals surface area contributed by atoms with Crippen molar-refractivity contribution in [3.05, 3.63) is 29.3 Å². The van der Waals surface area contributed by atoms with E-state index in [1.165, 1.54) is 24.0 Å². The van der Waals surface area contributed by atoms with Crippen LogP contribution in [0.2, 0.25) is 0 Å². The lowest BCUT2D eigenvalue weighted by Gasteiger charge is -2.20. The molecule has 22 heavy (non-hydrogen) atoms. The first-order valence-electron chi connectivity index (χ1n) is 7.88. The number of sulfone groups is 1. The van der Waals surface area contributed by atoms with Crippen LogP contribution in [0.25, 0.3) is 0 Å². The van der Waals surface area contributed by atoms with Crippen LogP contribution in [0.15, 0.2) is 18.2 Å². The van der Waals surface area contributed by atoms with Crippen LogP contribution in [0.5, 0.6) is 0 Å². The molecule has 2 aliphatic rings. The molecule has 1 atom stereocenters. The maximum absolute atomic E-state index is 12.0. The largest absolute Gasteiger partial charge is 0.376 e. The second kappa shape index (κ2) is 6.28. The van der Waals surface area contributed by atoms with Crippen LogP contribution in [0.3, 0.4) is 0 Å². The third-order valence-electron chi connectivity index (χ3n) is 4.43. The number of anilines is 1. The van der Waals surface area contributed by atoms with Crippen molar-refractivity contribution in [2.24, 2.45) is 0 Å². The van der Waals surface area contributed by atoms with Gasteiger partial charge in [0.25, 0.3) is 0 Å². The molecule has 1 aromatic rings. The molecule has 0 aromatic heterocycles. The summed E-state index contributed by atoms with van der Waals surface area (Å²) < 4.78 is 22.8. The molecule has 1 aromatic carbocycles. The van der Waals surface area contributed by atoms with Crippen LogP contribution in [0.1, 0.15) is 30.4 Å². The first-order chi connectivity index (χ1) is 10.5. The third kappa shape index (κ3) is 3.61. The summed E-state index contributed by atoms with van der Waals surface area (Å²) in [5, 5.41) is 6.01. The van der Waals surface area contributed by atoms with Crippen molar-refractivity contribution in [1.82, 2.24) is 5.32 Å². The number of hydrogen-bond donors (Lipinski definition) is 2. The molecule has 5 nitrogen and oxygen atoms in total. The van der Waals surface area contributed by atoms with E-state index in [4.69, 9.17) is 0 Å². The van der Waals surface area contributed by atoms with E-state index in [1.807, 2.05) is 12.1 Å². The van der Waals surface area contributed by atoms with Crippen molar-refractivity contribution < 1.29 is 13.2 Å². The van der Waals surface area contributed by atoms with Gasteiger partial charge in [-0.15, -0.1) is 0 Å². The Kier molecular flexibility index (Phi) is 4.38. The number of carbonyl (C=O) groups excluding carboxylic acids is 1. The SMILES string of the molecule is O=C(CNc1cccc2c1CCCC2)N[C@@H]1CCS(=O)(=O)C1. The van der Waals surface area contributed by atoms with Crippen LogP contribution < -0.4 is 10.6 Å². The summed E-state index contributed by atoms with van der Waals surface area (Å²) in [6.45, 7) is 0.188. The predicted octanol–water partition coefficient (Wildman–Crippen LogP) is 1.28. The van der Waals surface area contributed by atoms with Crippen molar-refractivity contribution in [2.75, 3.05) is 23.4 Å². The van der Waals surface area contributed by atoms with Crippen molar-refractivity contribution in [3.8, 4) is 0 Å². The molecule has 1 aliphatic heterocycles. The summed E-state index contributed by atoms with van der Waals surface area (Å²) in [4.78, 5) is 12.0. The first-order valence-corrected chi connectivity index (χ1v) is 9.70. The standard InChI is InChI=1S/C16H22N2O3S/c19-16(18-13-8-9-22(20,21)11-13)10-17-15-7-3-5-12-4-1-2-6-14(12)15/h3,5,7,13,17H,1-2,4,6,8-11H2,(H,18,19)/t13-/m1/s1. The van der Waals surface area contributed by atoms with Gasteiger partial charge in [0.2, 0.25) is 5.91 Å². The summed E-state index contributed by atoms with van der Waals surface area (Å²) in [5.74, 6) is 0.104. The van der Waals surface area contributed by atoms with E-state index in [0.717, 1.165) is 18.5 Å². The molecule has 0 saturated carbocycles. The van der Waals surface area contributed by atoms with Gasteiger partial charge >= 0.3 is 0 Å². The quantitative estimate of drug-likeness (QED) is 0.876. The zero-order valence-electron chi connectivity index (χ0n) is 12.6. The molecule has 120 valence electrons. The van der Waals surface area contributed by atoms with E-state index in [-0.39, 0.29) is 30.0 Å². The van der Waals surface area contributed by atoms with E-state index in [2.05, 4.69) is 16.7 Å². The second-order valence-corrected chi connectivity index (χ2v) is 8.40. The lowest BCUT2D eigenvalue weighted by atomic mass is 9.90. The summed E-state index contributed by atoms with van der Waals surface area (Å²) >= 11 is 0. The van der Waals surface area contributed by atoms with Gasteiger partial charge in [-0.2, -0.15) is 0 Å². The highest BCUT2D eigenvalue weighted by molar-refractivity contribution is 7.91. The molecule has 1 fully saturated rings. The Hall–Kier alpha value is -1.56. The number of fused-ring (bicyclic) bond motifs is 1. The molecule has 1 aliphatic carbocycles. The molecule has 0 radical (unpaired) electrons. The van der Waals surface area contributed by atoms with Gasteiger partial charge in [-0.25, -0.2) is 8.42 Å². The predicted molar refractivity (Wildman–Crippen MR) is 86.8 cm³/mol. The minimum absolute atomic E-state index is 0.0689. The van der Waals surface area contributed by atoms with Crippen molar-refractivity contribution >= 4 is 21.4 Å². The number of hydrogen-bond acceptors (Lipinski definition) is 4. The molecule has 3 rings (SSSR count). The van der Waals surface area contributed by atoms with Crippen LogP contribution in [0.4, 0.5) is 5.69 Å². The molecule has 1 heterocycles. The van der Waals surface area contributed by atoms with E-state index in [0.29, 0.717) is 6.42 Å². The number of carbonyl (C=O) groups is 1. The number of rotatable bonds is 4. The van der Waals surface area contributed by atoms with Crippen LogP contribution in [0, 0.1) is 0 Å². The Morgan fingerprint density at radius 3 is 2.82 bits per heavy atom. The molecule has 0 bridgehead atoms. The molecule has 0 unspecified atom stereocenters. The topological polar surface area (TPSA) is 75.3 Å². The fourth-order valence-corrected chi connectivity index (χ4v) is 4.98. The first kappa shape index (κ1) is 15.3. The molecular formula is C16H22N2O3S. The molecule has 0 spiro atoms. The highest BCUT2D eigenvalue weighted by atomic mass is 32.2. The molecule has 2 N–H and O–H groups in total. The molecule has 1 saturated heterocycles. The lowest BCUT2D eigenvalue weighted by Crippen LogP contribution is -2.39. The van der Waals surface area contributed by atoms with Crippen LogP contribution in [-0.4, -0.2) is 38.4 Å². The fourth-order valence-electron chi connectivity index (χ4n) is 3.31. The number of amides is 1. The maximum Gasteiger partial charge on any atom is 0.239 e. The smallest absolute Gasteiger partial charge is 0.239 e. The van der Waals surface area contributed by atoms with Gasteiger partial charge in [0.05, 0.1) is 18.1 Å². The monoisotopic (exact) mass is 322 g/mol. The normalized spacial score (nSPS) is 22.8. The van der Waals surface area contributed by atoms with E-state index >= 15 is 0 Å². The Balaban J connectivity index is 1.55. The van der Waals surface area contributed by atoms with Crippen molar-refractivity contribution in [1.29, 1.82) is 0 Å². The van der Waals surface area contributed by atoms with Gasteiger partial charge in [-0.05, 0) is 49.3 Å². The average Bonchev–Trinajstić information content (AvgIpc) is 2.84. The minimum atomic E-state index is -2.96. The molecular weight excluding hydrogens is 300 g/mol. The van der Waals surface area contributed by atoms with Crippen LogP contribution in [-0.2, 0) is 27.5 Å². The number of aryl methyl sites for hydroxylation is 1. The van der Waals surface area contributed by atoms with Gasteiger partial charge in [-0.3, -0.25) is 4.79 Å². The van der Waals surface area contributed by atoms with Crippen LogP contribution >= 0.6 is 0 Å². The Morgan fingerprint density at radius 1 is 1.23 bits per heavy atom. The van der Waals surface area contributed by atoms with Gasteiger partial charge in [0, 0.05) is 11.7 Å². The highest BCUT2D eigenvalue weighted by Crippen LogP contribution is 2.27. The van der Waals surface area contributed by atoms with Gasteiger partial charge in [-0.1, -0.05) is 12.1 Å². The summed E-state index contributed by atoms with van der Waals surface area (Å²) in [6.07, 6.45) is 5.11. The van der Waals surface area contributed by atoms with Gasteiger partial charge < -0.3 is 10.6 Å². The average molecular weight is 322 g/mol. The fraction of sp³-hybridized carbons (Fsp3) is 0.562. The second-order valence-electron chi connectivity index (χ2n) is 6.17. The lowest BCUT2D eigenvalue weighted by molar-refractivity contribution is -0.119. The van der Waals surface area contributed by atoms with Gasteiger partial charge in [0.15, 0.2) is 9.84 Å². The zero-order valence-corrected chi connectivity index (χ0v) is 13.4. The van der Waals surface area contributed by atoms with E-state index in [9.17, 15) is 13.2 Å². The van der Waals surface area contributed by atoms with E-state index in [1.54, 1.807) is 0 Å². The van der Waals surface area contributed by atoms with Crippen molar-refractivity contribution in [3.63, 3.8) is 0 Å². The highest BCUT2D eigenvalue weighted by Gasteiger charge is 2.28. The minimum Gasteiger partial charge on any atom is -0.376 e. The van der Waals surface area contributed by atoms with E-state index < -0.39 is 9.84 Å². The Morgan fingerprint density at radius 2 is 2.05 bits per heavy atom. The number of nitrogens with one attached hydrogen (secondary N) is 2. The Bertz CT molecular complexity index is 670. The summed E-state index contributed by atoms with van der Waals surface area (Å²) in [5.41, 5.74) is 3.73. The zero-order chi connectivity index (χ0) is 15.6. The summed E-state index contributed by atoms with van der Waals surface area (Å²) in [6, 6.07) is 5.96. The maximum atomic E-state index is 12.0.